The van der Waals surface area contributed by atoms with E-state index in [0.717, 1.165) is 22.9 Å². The molecule has 0 spiro atoms. The summed E-state index contributed by atoms with van der Waals surface area (Å²) in [4.78, 5) is 2.50. The molecule has 0 aromatic heterocycles. The molecule has 0 atom stereocenters. The van der Waals surface area contributed by atoms with E-state index in [1.807, 2.05) is 0 Å². The minimum atomic E-state index is 0.410. The number of nitrogens with one attached hydrogen (secondary N) is 1. The van der Waals surface area contributed by atoms with Crippen LogP contribution in [0, 0.1) is 17.8 Å². The lowest BCUT2D eigenvalue weighted by Crippen LogP contribution is -2.62. The molecule has 2 nitrogen and oxygen atoms in total. The Balaban J connectivity index is 1.44. The van der Waals surface area contributed by atoms with Crippen LogP contribution in [0.5, 0.6) is 0 Å². The maximum atomic E-state index is 5.81. The fourth-order valence-corrected chi connectivity index (χ4v) is 6.57. The van der Waals surface area contributed by atoms with E-state index in [9.17, 15) is 0 Å². The topological polar surface area (TPSA) is 15.3 Å². The summed E-state index contributed by atoms with van der Waals surface area (Å²) in [6, 6.07) is 0.641. The molecule has 5 fully saturated rings. The zero-order chi connectivity index (χ0) is 14.4. The summed E-state index contributed by atoms with van der Waals surface area (Å²) in [7, 11) is 2.28. The molecular weight excluding hydrogens is 276 g/mol. The van der Waals surface area contributed by atoms with E-state index in [2.05, 4.69) is 17.3 Å². The Kier molecular flexibility index (Phi) is 3.68. The normalized spacial score (nSPS) is 42.0. The molecule has 21 heavy (non-hydrogen) atoms. The summed E-state index contributed by atoms with van der Waals surface area (Å²) in [5.41, 5.74) is 0.410. The van der Waals surface area contributed by atoms with Crippen molar-refractivity contribution in [3.05, 3.63) is 0 Å². The summed E-state index contributed by atoms with van der Waals surface area (Å²) in [6.45, 7) is 0. The van der Waals surface area contributed by atoms with Crippen LogP contribution in [-0.2, 0) is 0 Å². The molecule has 1 N–H and O–H groups in total. The molecule has 0 aromatic carbocycles. The quantitative estimate of drug-likeness (QED) is 0.773. The van der Waals surface area contributed by atoms with Crippen LogP contribution in [0.4, 0.5) is 0 Å². The van der Waals surface area contributed by atoms with Gasteiger partial charge in [-0.1, -0.05) is 19.3 Å². The van der Waals surface area contributed by atoms with Gasteiger partial charge in [0.05, 0.1) is 0 Å². The number of hydrogen-bond acceptors (Lipinski definition) is 1. The zero-order valence-corrected chi connectivity index (χ0v) is 14.3. The first-order valence-corrected chi connectivity index (χ1v) is 9.60. The molecule has 0 aromatic rings. The van der Waals surface area contributed by atoms with E-state index in [-0.39, 0.29) is 0 Å². The Hall–Kier alpha value is -0.310. The molecule has 4 bridgehead atoms. The monoisotopic (exact) mass is 306 g/mol. The molecule has 5 aliphatic carbocycles. The Labute approximate surface area is 135 Å². The number of hydrogen-bond donors (Lipinski definition) is 1. The molecule has 5 saturated carbocycles. The fourth-order valence-electron chi connectivity index (χ4n) is 6.21. The predicted molar refractivity (Wildman–Crippen MR) is 91.3 cm³/mol. The molecule has 0 amide bonds. The van der Waals surface area contributed by atoms with E-state index >= 15 is 0 Å². The highest BCUT2D eigenvalue weighted by molar-refractivity contribution is 7.80. The van der Waals surface area contributed by atoms with Gasteiger partial charge in [-0.15, -0.1) is 0 Å². The molecule has 118 valence electrons. The van der Waals surface area contributed by atoms with Crippen molar-refractivity contribution >= 4 is 17.3 Å². The van der Waals surface area contributed by atoms with Crippen LogP contribution in [-0.4, -0.2) is 28.6 Å². The van der Waals surface area contributed by atoms with Crippen molar-refractivity contribution in [3.8, 4) is 0 Å². The van der Waals surface area contributed by atoms with Crippen molar-refractivity contribution in [1.82, 2.24) is 10.2 Å². The van der Waals surface area contributed by atoms with Crippen molar-refractivity contribution in [1.29, 1.82) is 0 Å². The molecule has 3 heteroatoms. The smallest absolute Gasteiger partial charge is 0.169 e. The molecular formula is C18H30N2S. The van der Waals surface area contributed by atoms with E-state index in [1.54, 1.807) is 0 Å². The summed E-state index contributed by atoms with van der Waals surface area (Å²) in [5.74, 6) is 2.99. The first-order chi connectivity index (χ1) is 10.1. The van der Waals surface area contributed by atoms with E-state index in [0.29, 0.717) is 11.6 Å². The Morgan fingerprint density at radius 3 is 2.00 bits per heavy atom. The van der Waals surface area contributed by atoms with Crippen LogP contribution in [0.1, 0.15) is 70.6 Å². The minimum Gasteiger partial charge on any atom is -0.360 e. The molecule has 0 unspecified atom stereocenters. The van der Waals surface area contributed by atoms with Crippen molar-refractivity contribution in [3.63, 3.8) is 0 Å². The van der Waals surface area contributed by atoms with Crippen LogP contribution in [0.25, 0.3) is 0 Å². The molecule has 0 aliphatic heterocycles. The SMILES string of the molecule is CN(C(=S)NC1CCCCC1)C12CC3CC(CC(C3)C1)C2. The van der Waals surface area contributed by atoms with Gasteiger partial charge in [-0.2, -0.15) is 0 Å². The lowest BCUT2D eigenvalue weighted by atomic mass is 9.52. The molecule has 0 heterocycles. The van der Waals surface area contributed by atoms with Gasteiger partial charge < -0.3 is 10.2 Å². The Morgan fingerprint density at radius 2 is 1.48 bits per heavy atom. The van der Waals surface area contributed by atoms with E-state index < -0.39 is 0 Å². The number of nitrogens with zero attached hydrogens (tertiary/aromatic N) is 1. The van der Waals surface area contributed by atoms with Gasteiger partial charge in [-0.3, -0.25) is 0 Å². The third-order valence-corrected chi connectivity index (χ3v) is 7.35. The second kappa shape index (κ2) is 5.40. The van der Waals surface area contributed by atoms with Crippen molar-refractivity contribution in [2.45, 2.75) is 82.2 Å². The molecule has 0 saturated heterocycles. The Morgan fingerprint density at radius 1 is 0.952 bits per heavy atom. The van der Waals surface area contributed by atoms with E-state index in [4.69, 9.17) is 12.2 Å². The summed E-state index contributed by atoms with van der Waals surface area (Å²) >= 11 is 5.81. The average Bonchev–Trinajstić information content (AvgIpc) is 2.46. The van der Waals surface area contributed by atoms with Gasteiger partial charge >= 0.3 is 0 Å². The van der Waals surface area contributed by atoms with Crippen molar-refractivity contribution in [2.24, 2.45) is 17.8 Å². The molecule has 5 rings (SSSR count). The van der Waals surface area contributed by atoms with Crippen LogP contribution in [0.3, 0.4) is 0 Å². The highest BCUT2D eigenvalue weighted by Gasteiger charge is 2.53. The highest BCUT2D eigenvalue weighted by Crippen LogP contribution is 2.57. The highest BCUT2D eigenvalue weighted by atomic mass is 32.1. The third-order valence-electron chi connectivity index (χ3n) is 6.95. The second-order valence-corrected chi connectivity index (χ2v) is 8.87. The van der Waals surface area contributed by atoms with Crippen LogP contribution in [0.15, 0.2) is 0 Å². The van der Waals surface area contributed by atoms with Gasteiger partial charge in [0.15, 0.2) is 5.11 Å². The van der Waals surface area contributed by atoms with Gasteiger partial charge in [-0.25, -0.2) is 0 Å². The van der Waals surface area contributed by atoms with Crippen LogP contribution >= 0.6 is 12.2 Å². The minimum absolute atomic E-state index is 0.410. The predicted octanol–water partition coefficient (Wildman–Crippen LogP) is 4.09. The lowest BCUT2D eigenvalue weighted by molar-refractivity contribution is -0.0550. The summed E-state index contributed by atoms with van der Waals surface area (Å²) in [6.07, 6.45) is 15.5. The van der Waals surface area contributed by atoms with Gasteiger partial charge in [0.1, 0.15) is 0 Å². The molecule has 0 radical (unpaired) electrons. The van der Waals surface area contributed by atoms with Crippen molar-refractivity contribution < 1.29 is 0 Å². The van der Waals surface area contributed by atoms with Crippen molar-refractivity contribution in [2.75, 3.05) is 7.05 Å². The van der Waals surface area contributed by atoms with E-state index in [1.165, 1.54) is 70.6 Å². The first-order valence-electron chi connectivity index (χ1n) is 9.19. The standard InChI is InChI=1S/C18H30N2S/c1-20(17(21)19-16-5-3-2-4-6-16)18-10-13-7-14(11-18)9-15(8-13)12-18/h13-16H,2-12H2,1H3,(H,19,21). The van der Waals surface area contributed by atoms with Gasteiger partial charge in [0.2, 0.25) is 0 Å². The zero-order valence-electron chi connectivity index (χ0n) is 13.4. The van der Waals surface area contributed by atoms with Gasteiger partial charge in [0, 0.05) is 18.6 Å². The third kappa shape index (κ3) is 2.60. The number of rotatable bonds is 2. The first kappa shape index (κ1) is 14.3. The average molecular weight is 307 g/mol. The number of thiocarbonyl (C=S) groups is 1. The van der Waals surface area contributed by atoms with Crippen LogP contribution in [0.2, 0.25) is 0 Å². The molecule has 5 aliphatic rings. The summed E-state index contributed by atoms with van der Waals surface area (Å²) in [5, 5.41) is 4.75. The lowest BCUT2D eigenvalue weighted by Gasteiger charge is -2.60. The maximum Gasteiger partial charge on any atom is 0.169 e. The second-order valence-electron chi connectivity index (χ2n) is 8.49. The van der Waals surface area contributed by atoms with Gasteiger partial charge in [0.25, 0.3) is 0 Å². The van der Waals surface area contributed by atoms with Crippen LogP contribution < -0.4 is 5.32 Å². The summed E-state index contributed by atoms with van der Waals surface area (Å²) < 4.78 is 0. The fraction of sp³-hybridized carbons (Fsp3) is 0.944. The maximum absolute atomic E-state index is 5.81. The van der Waals surface area contributed by atoms with Gasteiger partial charge in [-0.05, 0) is 81.3 Å². The Bertz CT molecular complexity index is 378. The largest absolute Gasteiger partial charge is 0.360 e.